The van der Waals surface area contributed by atoms with Gasteiger partial charge in [0.15, 0.2) is 0 Å². The summed E-state index contributed by atoms with van der Waals surface area (Å²) >= 11 is 0. The molecule has 0 radical (unpaired) electrons. The zero-order valence-electron chi connectivity index (χ0n) is 11.7. The van der Waals surface area contributed by atoms with E-state index >= 15 is 0 Å². The van der Waals surface area contributed by atoms with E-state index in [9.17, 15) is 9.18 Å². The van der Waals surface area contributed by atoms with Crippen molar-refractivity contribution in [3.8, 4) is 0 Å². The highest BCUT2D eigenvalue weighted by Gasteiger charge is 2.30. The molecule has 1 heterocycles. The molecule has 2 N–H and O–H groups in total. The van der Waals surface area contributed by atoms with Crippen LogP contribution in [0.15, 0.2) is 24.3 Å². The number of hydrogen-bond donors (Lipinski definition) is 1. The molecule has 5 heteroatoms. The molecule has 112 valence electrons. The third-order valence-electron chi connectivity index (χ3n) is 3.95. The first-order valence-corrected chi connectivity index (χ1v) is 6.86. The molecule has 2 atom stereocenters. The van der Waals surface area contributed by atoms with Gasteiger partial charge in [-0.05, 0) is 36.5 Å². The highest BCUT2D eigenvalue weighted by atomic mass is 35.5. The zero-order chi connectivity index (χ0) is 13.8. The number of piperidine rings is 1. The van der Waals surface area contributed by atoms with Crippen molar-refractivity contribution in [3.63, 3.8) is 0 Å². The third-order valence-corrected chi connectivity index (χ3v) is 3.95. The van der Waals surface area contributed by atoms with E-state index in [2.05, 4.69) is 6.92 Å². The fourth-order valence-electron chi connectivity index (χ4n) is 2.80. The molecule has 1 aliphatic heterocycles. The van der Waals surface area contributed by atoms with Crippen molar-refractivity contribution in [2.24, 2.45) is 11.7 Å². The molecule has 20 heavy (non-hydrogen) atoms. The number of nitrogens with two attached hydrogens (primary N) is 1. The predicted molar refractivity (Wildman–Crippen MR) is 80.3 cm³/mol. The molecule has 1 aromatic rings. The molecular formula is C15H22ClFN2O. The molecule has 3 nitrogen and oxygen atoms in total. The van der Waals surface area contributed by atoms with Crippen molar-refractivity contribution in [1.82, 2.24) is 4.90 Å². The predicted octanol–water partition coefficient (Wildman–Crippen LogP) is 2.38. The minimum Gasteiger partial charge on any atom is -0.338 e. The van der Waals surface area contributed by atoms with Crippen molar-refractivity contribution in [2.75, 3.05) is 13.1 Å². The van der Waals surface area contributed by atoms with Crippen LogP contribution in [0.3, 0.4) is 0 Å². The van der Waals surface area contributed by atoms with Crippen LogP contribution >= 0.6 is 12.4 Å². The molecule has 1 aromatic carbocycles. The second kappa shape index (κ2) is 7.60. The van der Waals surface area contributed by atoms with Gasteiger partial charge >= 0.3 is 0 Å². The molecule has 2 rings (SSSR count). The number of benzene rings is 1. The van der Waals surface area contributed by atoms with Gasteiger partial charge in [0.1, 0.15) is 5.82 Å². The van der Waals surface area contributed by atoms with Crippen LogP contribution in [0.4, 0.5) is 4.39 Å². The van der Waals surface area contributed by atoms with Crippen LogP contribution in [0.5, 0.6) is 0 Å². The molecular weight excluding hydrogens is 279 g/mol. The van der Waals surface area contributed by atoms with E-state index in [0.29, 0.717) is 18.9 Å². The number of nitrogens with zero attached hydrogens (tertiary/aromatic N) is 1. The fourth-order valence-corrected chi connectivity index (χ4v) is 2.80. The fraction of sp³-hybridized carbons (Fsp3) is 0.533. The number of carbonyl (C=O) groups is 1. The first-order valence-electron chi connectivity index (χ1n) is 6.86. The average Bonchev–Trinajstić information content (AvgIpc) is 2.41. The van der Waals surface area contributed by atoms with Crippen LogP contribution in [0, 0.1) is 11.7 Å². The largest absolute Gasteiger partial charge is 0.338 e. The van der Waals surface area contributed by atoms with Crippen molar-refractivity contribution in [2.45, 2.75) is 32.2 Å². The van der Waals surface area contributed by atoms with Crippen LogP contribution < -0.4 is 5.73 Å². The number of hydrogen-bond acceptors (Lipinski definition) is 2. The maximum absolute atomic E-state index is 12.8. The summed E-state index contributed by atoms with van der Waals surface area (Å²) < 4.78 is 12.8. The lowest BCUT2D eigenvalue weighted by molar-refractivity contribution is -0.135. The van der Waals surface area contributed by atoms with Gasteiger partial charge in [-0.25, -0.2) is 4.39 Å². The highest BCUT2D eigenvalue weighted by molar-refractivity contribution is 5.85. The van der Waals surface area contributed by atoms with Gasteiger partial charge in [-0.1, -0.05) is 19.1 Å². The molecule has 0 aromatic heterocycles. The number of carbonyl (C=O) groups excluding carboxylic acids is 1. The summed E-state index contributed by atoms with van der Waals surface area (Å²) in [4.78, 5) is 14.2. The highest BCUT2D eigenvalue weighted by Crippen LogP contribution is 2.23. The Morgan fingerprint density at radius 1 is 1.40 bits per heavy atom. The quantitative estimate of drug-likeness (QED) is 0.931. The molecule has 1 amide bonds. The zero-order valence-corrected chi connectivity index (χ0v) is 12.5. The maximum Gasteiger partial charge on any atom is 0.227 e. The average molecular weight is 301 g/mol. The van der Waals surface area contributed by atoms with E-state index in [1.54, 1.807) is 12.1 Å². The molecule has 0 aliphatic carbocycles. The van der Waals surface area contributed by atoms with E-state index in [0.717, 1.165) is 24.9 Å². The van der Waals surface area contributed by atoms with Gasteiger partial charge in [0.25, 0.3) is 0 Å². The Morgan fingerprint density at radius 3 is 2.65 bits per heavy atom. The lowest BCUT2D eigenvalue weighted by Gasteiger charge is -2.39. The van der Waals surface area contributed by atoms with Gasteiger partial charge in [-0.15, -0.1) is 12.4 Å². The van der Waals surface area contributed by atoms with Gasteiger partial charge < -0.3 is 10.6 Å². The first kappa shape index (κ1) is 16.9. The maximum atomic E-state index is 12.8. The summed E-state index contributed by atoms with van der Waals surface area (Å²) in [5, 5.41) is 0. The Kier molecular flexibility index (Phi) is 6.43. The summed E-state index contributed by atoms with van der Waals surface area (Å²) in [5.41, 5.74) is 6.64. The summed E-state index contributed by atoms with van der Waals surface area (Å²) in [7, 11) is 0. The Morgan fingerprint density at radius 2 is 2.05 bits per heavy atom. The second-order valence-electron chi connectivity index (χ2n) is 5.31. The number of amides is 1. The summed E-state index contributed by atoms with van der Waals surface area (Å²) in [6.07, 6.45) is 2.48. The number of rotatable bonds is 3. The Labute approximate surface area is 125 Å². The van der Waals surface area contributed by atoms with Gasteiger partial charge in [-0.2, -0.15) is 0 Å². The third kappa shape index (κ3) is 3.93. The Hall–Kier alpha value is -1.13. The molecule has 1 fully saturated rings. The van der Waals surface area contributed by atoms with Crippen LogP contribution in [-0.2, 0) is 11.2 Å². The van der Waals surface area contributed by atoms with E-state index < -0.39 is 0 Å². The Balaban J connectivity index is 0.00000200. The van der Waals surface area contributed by atoms with Gasteiger partial charge in [0, 0.05) is 19.1 Å². The molecule has 2 unspecified atom stereocenters. The lowest BCUT2D eigenvalue weighted by atomic mass is 9.90. The van der Waals surface area contributed by atoms with Crippen LogP contribution in [0.2, 0.25) is 0 Å². The minimum atomic E-state index is -0.275. The van der Waals surface area contributed by atoms with Crippen molar-refractivity contribution >= 4 is 18.3 Å². The van der Waals surface area contributed by atoms with Crippen LogP contribution in [0.1, 0.15) is 25.3 Å². The van der Waals surface area contributed by atoms with Gasteiger partial charge in [0.05, 0.1) is 6.42 Å². The van der Waals surface area contributed by atoms with Crippen molar-refractivity contribution in [1.29, 1.82) is 0 Å². The summed E-state index contributed by atoms with van der Waals surface area (Å²) in [5.74, 6) is 0.271. The SMILES string of the molecule is CC1CCCN(C(=O)Cc2ccc(F)cc2)C1CN.Cl. The standard InChI is InChI=1S/C15H21FN2O.ClH/c1-11-3-2-8-18(14(11)10-17)15(19)9-12-4-6-13(16)7-5-12;/h4-7,11,14H,2-3,8-10,17H2,1H3;1H. The summed E-state index contributed by atoms with van der Waals surface area (Å²) in [6, 6.07) is 6.25. The van der Waals surface area contributed by atoms with E-state index in [-0.39, 0.29) is 30.2 Å². The topological polar surface area (TPSA) is 46.3 Å². The van der Waals surface area contributed by atoms with Crippen molar-refractivity contribution < 1.29 is 9.18 Å². The molecule has 0 spiro atoms. The monoisotopic (exact) mass is 300 g/mol. The second-order valence-corrected chi connectivity index (χ2v) is 5.31. The van der Waals surface area contributed by atoms with Crippen molar-refractivity contribution in [3.05, 3.63) is 35.6 Å². The lowest BCUT2D eigenvalue weighted by Crippen LogP contribution is -2.51. The van der Waals surface area contributed by atoms with E-state index in [1.807, 2.05) is 4.90 Å². The first-order chi connectivity index (χ1) is 9.11. The van der Waals surface area contributed by atoms with Gasteiger partial charge in [-0.3, -0.25) is 4.79 Å². The van der Waals surface area contributed by atoms with Crippen LogP contribution in [0.25, 0.3) is 0 Å². The molecule has 1 saturated heterocycles. The van der Waals surface area contributed by atoms with E-state index in [1.165, 1.54) is 12.1 Å². The molecule has 0 saturated carbocycles. The minimum absolute atomic E-state index is 0. The normalized spacial score (nSPS) is 22.2. The van der Waals surface area contributed by atoms with E-state index in [4.69, 9.17) is 5.73 Å². The Bertz CT molecular complexity index is 438. The number of likely N-dealkylation sites (tertiary alicyclic amines) is 1. The molecule has 1 aliphatic rings. The smallest absolute Gasteiger partial charge is 0.227 e. The van der Waals surface area contributed by atoms with Crippen LogP contribution in [-0.4, -0.2) is 29.9 Å². The number of halogens is 2. The van der Waals surface area contributed by atoms with Gasteiger partial charge in [0.2, 0.25) is 5.91 Å². The summed E-state index contributed by atoms with van der Waals surface area (Å²) in [6.45, 7) is 3.44. The molecule has 0 bridgehead atoms.